The largest absolute Gasteiger partial charge is 0.389 e. The van der Waals surface area contributed by atoms with Crippen molar-refractivity contribution in [1.29, 1.82) is 0 Å². The zero-order valence-electron chi connectivity index (χ0n) is 9.95. The van der Waals surface area contributed by atoms with Gasteiger partial charge < -0.3 is 10.4 Å². The number of nitrogens with zero attached hydrogens (tertiary/aromatic N) is 1. The number of nitrogens with one attached hydrogen (secondary N) is 1. The SMILES string of the molecule is CCN(CC(C)(C)O)S(=O)(=O)CCNC. The molecule has 0 atom stereocenters. The number of aliphatic hydroxyl groups is 1. The second kappa shape index (κ2) is 5.79. The molecule has 0 unspecified atom stereocenters. The number of hydrogen-bond acceptors (Lipinski definition) is 4. The van der Waals surface area contributed by atoms with Gasteiger partial charge in [0, 0.05) is 19.6 Å². The zero-order valence-corrected chi connectivity index (χ0v) is 10.8. The van der Waals surface area contributed by atoms with Crippen LogP contribution in [0.5, 0.6) is 0 Å². The van der Waals surface area contributed by atoms with Gasteiger partial charge in [-0.05, 0) is 20.9 Å². The molecule has 6 heteroatoms. The second-order valence-corrected chi connectivity index (χ2v) is 6.25. The van der Waals surface area contributed by atoms with Crippen LogP contribution >= 0.6 is 0 Å². The van der Waals surface area contributed by atoms with E-state index in [0.717, 1.165) is 0 Å². The summed E-state index contributed by atoms with van der Waals surface area (Å²) in [6, 6.07) is 0. The van der Waals surface area contributed by atoms with Gasteiger partial charge in [-0.3, -0.25) is 0 Å². The third-order valence-corrected chi connectivity index (χ3v) is 3.81. The lowest BCUT2D eigenvalue weighted by Crippen LogP contribution is -2.44. The monoisotopic (exact) mass is 238 g/mol. The maximum atomic E-state index is 11.8. The van der Waals surface area contributed by atoms with Gasteiger partial charge in [0.2, 0.25) is 10.0 Å². The quantitative estimate of drug-likeness (QED) is 0.635. The molecule has 0 aliphatic rings. The van der Waals surface area contributed by atoms with E-state index in [2.05, 4.69) is 5.32 Å². The van der Waals surface area contributed by atoms with Crippen LogP contribution in [0.2, 0.25) is 0 Å². The molecule has 5 nitrogen and oxygen atoms in total. The molecule has 0 radical (unpaired) electrons. The first-order chi connectivity index (χ1) is 6.73. The van der Waals surface area contributed by atoms with Crippen molar-refractivity contribution in [2.24, 2.45) is 0 Å². The molecule has 0 saturated carbocycles. The van der Waals surface area contributed by atoms with Gasteiger partial charge in [0.15, 0.2) is 0 Å². The van der Waals surface area contributed by atoms with Crippen LogP contribution in [0.25, 0.3) is 0 Å². The fraction of sp³-hybridized carbons (Fsp3) is 1.00. The second-order valence-electron chi connectivity index (χ2n) is 4.16. The van der Waals surface area contributed by atoms with E-state index in [0.29, 0.717) is 13.1 Å². The lowest BCUT2D eigenvalue weighted by Gasteiger charge is -2.27. The maximum Gasteiger partial charge on any atom is 0.215 e. The topological polar surface area (TPSA) is 69.6 Å². The molecule has 2 N–H and O–H groups in total. The van der Waals surface area contributed by atoms with Gasteiger partial charge in [-0.2, -0.15) is 4.31 Å². The maximum absolute atomic E-state index is 11.8. The molecule has 92 valence electrons. The van der Waals surface area contributed by atoms with Gasteiger partial charge in [-0.15, -0.1) is 0 Å². The molecule has 0 fully saturated rings. The fourth-order valence-corrected chi connectivity index (χ4v) is 2.82. The summed E-state index contributed by atoms with van der Waals surface area (Å²) in [4.78, 5) is 0. The number of sulfonamides is 1. The van der Waals surface area contributed by atoms with E-state index >= 15 is 0 Å². The van der Waals surface area contributed by atoms with Gasteiger partial charge in [-0.25, -0.2) is 8.42 Å². The Labute approximate surface area is 92.5 Å². The third kappa shape index (κ3) is 6.09. The molecule has 0 aliphatic heterocycles. The van der Waals surface area contributed by atoms with E-state index in [-0.39, 0.29) is 12.3 Å². The Bertz CT molecular complexity index is 270. The van der Waals surface area contributed by atoms with E-state index in [1.807, 2.05) is 0 Å². The molecule has 0 aliphatic carbocycles. The summed E-state index contributed by atoms with van der Waals surface area (Å²) in [5.74, 6) is 0.0629. The zero-order chi connectivity index (χ0) is 12.1. The fourth-order valence-electron chi connectivity index (χ4n) is 1.20. The van der Waals surface area contributed by atoms with Crippen LogP contribution in [0.3, 0.4) is 0 Å². The van der Waals surface area contributed by atoms with E-state index < -0.39 is 15.6 Å². The van der Waals surface area contributed by atoms with Crippen molar-refractivity contribution < 1.29 is 13.5 Å². The highest BCUT2D eigenvalue weighted by Crippen LogP contribution is 2.09. The molecule has 0 spiro atoms. The van der Waals surface area contributed by atoms with Crippen molar-refractivity contribution in [1.82, 2.24) is 9.62 Å². The molecule has 15 heavy (non-hydrogen) atoms. The Morgan fingerprint density at radius 3 is 2.27 bits per heavy atom. The molecule has 0 aromatic heterocycles. The summed E-state index contributed by atoms with van der Waals surface area (Å²) in [5.41, 5.74) is -0.997. The Kier molecular flexibility index (Phi) is 5.72. The van der Waals surface area contributed by atoms with Crippen molar-refractivity contribution in [3.63, 3.8) is 0 Å². The lowest BCUT2D eigenvalue weighted by atomic mass is 10.1. The smallest absolute Gasteiger partial charge is 0.215 e. The highest BCUT2D eigenvalue weighted by atomic mass is 32.2. The molecule has 0 amide bonds. The first-order valence-electron chi connectivity index (χ1n) is 5.07. The van der Waals surface area contributed by atoms with Crippen molar-refractivity contribution in [3.8, 4) is 0 Å². The summed E-state index contributed by atoms with van der Waals surface area (Å²) in [7, 11) is -1.55. The van der Waals surface area contributed by atoms with Crippen LogP contribution in [0.15, 0.2) is 0 Å². The summed E-state index contributed by atoms with van der Waals surface area (Å²) in [5, 5.41) is 12.4. The van der Waals surface area contributed by atoms with Gasteiger partial charge in [0.05, 0.1) is 11.4 Å². The number of hydrogen-bond donors (Lipinski definition) is 2. The Balaban J connectivity index is 4.52. The van der Waals surface area contributed by atoms with Crippen LogP contribution in [0.4, 0.5) is 0 Å². The van der Waals surface area contributed by atoms with Crippen LogP contribution in [0.1, 0.15) is 20.8 Å². The molecule has 0 aromatic carbocycles. The molecule has 0 heterocycles. The summed E-state index contributed by atoms with van der Waals surface area (Å²) in [6.45, 7) is 5.91. The Hall–Kier alpha value is -0.170. The minimum Gasteiger partial charge on any atom is -0.389 e. The van der Waals surface area contributed by atoms with Crippen LogP contribution in [-0.4, -0.2) is 55.9 Å². The van der Waals surface area contributed by atoms with Crippen molar-refractivity contribution in [3.05, 3.63) is 0 Å². The van der Waals surface area contributed by atoms with Crippen molar-refractivity contribution in [2.45, 2.75) is 26.4 Å². The Morgan fingerprint density at radius 2 is 1.93 bits per heavy atom. The molecule has 0 bridgehead atoms. The molecule has 0 rings (SSSR count). The van der Waals surface area contributed by atoms with E-state index in [4.69, 9.17) is 0 Å². The number of likely N-dealkylation sites (N-methyl/N-ethyl adjacent to an activating group) is 1. The standard InChI is InChI=1S/C9H22N2O3S/c1-5-11(8-9(2,3)12)15(13,14)7-6-10-4/h10,12H,5-8H2,1-4H3. The summed E-state index contributed by atoms with van der Waals surface area (Å²) in [6.07, 6.45) is 0. The van der Waals surface area contributed by atoms with Gasteiger partial charge in [0.25, 0.3) is 0 Å². The highest BCUT2D eigenvalue weighted by Gasteiger charge is 2.26. The molecule has 0 saturated heterocycles. The van der Waals surface area contributed by atoms with Crippen molar-refractivity contribution in [2.75, 3.05) is 32.4 Å². The average Bonchev–Trinajstić information content (AvgIpc) is 2.09. The summed E-state index contributed by atoms with van der Waals surface area (Å²) >= 11 is 0. The van der Waals surface area contributed by atoms with Crippen molar-refractivity contribution >= 4 is 10.0 Å². The predicted molar refractivity (Wildman–Crippen MR) is 61.3 cm³/mol. The summed E-state index contributed by atoms with van der Waals surface area (Å²) < 4.78 is 24.9. The van der Waals surface area contributed by atoms with E-state index in [9.17, 15) is 13.5 Å². The Morgan fingerprint density at radius 1 is 1.40 bits per heavy atom. The third-order valence-electron chi connectivity index (χ3n) is 1.92. The van der Waals surface area contributed by atoms with Gasteiger partial charge in [0.1, 0.15) is 0 Å². The van der Waals surface area contributed by atoms with E-state index in [1.54, 1.807) is 27.8 Å². The van der Waals surface area contributed by atoms with Gasteiger partial charge >= 0.3 is 0 Å². The van der Waals surface area contributed by atoms with Crippen LogP contribution in [0, 0.1) is 0 Å². The average molecular weight is 238 g/mol. The number of rotatable bonds is 7. The van der Waals surface area contributed by atoms with Crippen LogP contribution in [-0.2, 0) is 10.0 Å². The predicted octanol–water partition coefficient (Wildman–Crippen LogP) is -0.372. The minimum absolute atomic E-state index is 0.0629. The minimum atomic E-state index is -3.26. The van der Waals surface area contributed by atoms with Crippen LogP contribution < -0.4 is 5.32 Å². The molecular weight excluding hydrogens is 216 g/mol. The molecule has 0 aromatic rings. The highest BCUT2D eigenvalue weighted by molar-refractivity contribution is 7.89. The van der Waals surface area contributed by atoms with Gasteiger partial charge in [-0.1, -0.05) is 6.92 Å². The van der Waals surface area contributed by atoms with E-state index in [1.165, 1.54) is 4.31 Å². The first-order valence-corrected chi connectivity index (χ1v) is 6.68. The lowest BCUT2D eigenvalue weighted by molar-refractivity contribution is 0.0601. The first kappa shape index (κ1) is 14.8. The normalized spacial score (nSPS) is 13.5. The molecular formula is C9H22N2O3S.